The fourth-order valence-corrected chi connectivity index (χ4v) is 4.91. The summed E-state index contributed by atoms with van der Waals surface area (Å²) in [5.41, 5.74) is 2.09. The van der Waals surface area contributed by atoms with Gasteiger partial charge >= 0.3 is 6.03 Å². The minimum absolute atomic E-state index is 0.331. The number of fused-ring (bicyclic) bond motifs is 1. The SMILES string of the molecule is C[C@H](c1ccccc1)N(CC(=O)Nc1ccc2c(c1)C[C@@]1(C2)C(=O)NC(=O)N1C)C(=O)C(Cl)(Cl)Cl. The number of benzene rings is 2. The van der Waals surface area contributed by atoms with Crippen LogP contribution in [0.25, 0.3) is 0 Å². The molecule has 5 amide bonds. The van der Waals surface area contributed by atoms with Crippen molar-refractivity contribution in [3.8, 4) is 0 Å². The number of hydrogen-bond acceptors (Lipinski definition) is 4. The molecule has 1 fully saturated rings. The van der Waals surface area contributed by atoms with Crippen LogP contribution in [0.15, 0.2) is 48.5 Å². The smallest absolute Gasteiger partial charge is 0.324 e. The minimum Gasteiger partial charge on any atom is -0.325 e. The van der Waals surface area contributed by atoms with Crippen LogP contribution in [0.4, 0.5) is 10.5 Å². The van der Waals surface area contributed by atoms with Gasteiger partial charge in [-0.25, -0.2) is 4.79 Å². The topological polar surface area (TPSA) is 98.8 Å². The molecule has 2 atom stereocenters. The standard InChI is InChI=1S/C24H23Cl3N4O4/c1-14(15-6-4-3-5-7-15)31(21(34)24(25,26)27)13-19(32)28-18-9-8-16-11-23(12-17(16)10-18)20(33)29-22(35)30(23)2/h3-10,14H,11-13H2,1-2H3,(H,28,32)(H,29,33,35)/t14-,23+/m1/s1. The van der Waals surface area contributed by atoms with E-state index in [4.69, 9.17) is 34.8 Å². The first kappa shape index (κ1) is 25.3. The monoisotopic (exact) mass is 536 g/mol. The molecule has 4 rings (SSSR count). The van der Waals surface area contributed by atoms with Gasteiger partial charge in [0.2, 0.25) is 5.91 Å². The predicted octanol–water partition coefficient (Wildman–Crippen LogP) is 3.60. The number of alkyl halides is 3. The van der Waals surface area contributed by atoms with Crippen LogP contribution in [0.1, 0.15) is 29.7 Å². The maximum atomic E-state index is 12.9. The fraction of sp³-hybridized carbons (Fsp3) is 0.333. The highest BCUT2D eigenvalue weighted by molar-refractivity contribution is 6.76. The van der Waals surface area contributed by atoms with E-state index >= 15 is 0 Å². The molecule has 0 bridgehead atoms. The normalized spacial score (nSPS) is 20.0. The first-order valence-corrected chi connectivity index (χ1v) is 12.0. The number of amides is 5. The summed E-state index contributed by atoms with van der Waals surface area (Å²) in [7, 11) is 1.60. The Kier molecular flexibility index (Phi) is 6.74. The lowest BCUT2D eigenvalue weighted by Gasteiger charge is -2.31. The number of urea groups is 1. The lowest BCUT2D eigenvalue weighted by Crippen LogP contribution is -2.48. The molecule has 1 heterocycles. The number of carbonyl (C=O) groups excluding carboxylic acids is 4. The highest BCUT2D eigenvalue weighted by Crippen LogP contribution is 2.38. The van der Waals surface area contributed by atoms with E-state index in [1.54, 1.807) is 26.1 Å². The van der Waals surface area contributed by atoms with Gasteiger partial charge in [-0.1, -0.05) is 71.2 Å². The van der Waals surface area contributed by atoms with Gasteiger partial charge in [0, 0.05) is 25.6 Å². The number of halogens is 3. The minimum atomic E-state index is -2.23. The number of imide groups is 1. The molecule has 0 saturated carbocycles. The van der Waals surface area contributed by atoms with Gasteiger partial charge in [-0.3, -0.25) is 19.7 Å². The van der Waals surface area contributed by atoms with Gasteiger partial charge in [-0.2, -0.15) is 0 Å². The Morgan fingerprint density at radius 1 is 1.11 bits per heavy atom. The van der Waals surface area contributed by atoms with E-state index in [9.17, 15) is 19.2 Å². The second-order valence-corrected chi connectivity index (χ2v) is 11.0. The van der Waals surface area contributed by atoms with E-state index in [-0.39, 0.29) is 12.5 Å². The molecule has 0 radical (unpaired) electrons. The maximum Gasteiger partial charge on any atom is 0.324 e. The van der Waals surface area contributed by atoms with Gasteiger partial charge in [0.25, 0.3) is 15.6 Å². The molecule has 2 aromatic carbocycles. The Bertz CT molecular complexity index is 1200. The van der Waals surface area contributed by atoms with Crippen molar-refractivity contribution < 1.29 is 19.2 Å². The van der Waals surface area contributed by atoms with Crippen molar-refractivity contribution in [3.05, 3.63) is 65.2 Å². The van der Waals surface area contributed by atoms with Crippen LogP contribution in [0.2, 0.25) is 0 Å². The number of likely N-dealkylation sites (N-methyl/N-ethyl adjacent to an activating group) is 1. The zero-order valence-electron chi connectivity index (χ0n) is 19.0. The Hall–Kier alpha value is -2.81. The van der Waals surface area contributed by atoms with E-state index in [0.29, 0.717) is 18.5 Å². The molecule has 2 N–H and O–H groups in total. The Labute approximate surface area is 217 Å². The number of hydrogen-bond donors (Lipinski definition) is 2. The first-order chi connectivity index (χ1) is 16.4. The molecule has 2 aliphatic rings. The van der Waals surface area contributed by atoms with E-state index in [0.717, 1.165) is 16.7 Å². The van der Waals surface area contributed by atoms with Crippen molar-refractivity contribution in [2.45, 2.75) is 35.1 Å². The summed E-state index contributed by atoms with van der Waals surface area (Å²) < 4.78 is -2.23. The number of nitrogens with one attached hydrogen (secondary N) is 2. The number of anilines is 1. The zero-order valence-corrected chi connectivity index (χ0v) is 21.2. The van der Waals surface area contributed by atoms with Crippen LogP contribution < -0.4 is 10.6 Å². The lowest BCUT2D eigenvalue weighted by molar-refractivity contribution is -0.136. The van der Waals surface area contributed by atoms with Crippen molar-refractivity contribution in [2.24, 2.45) is 0 Å². The maximum absolute atomic E-state index is 12.9. The summed E-state index contributed by atoms with van der Waals surface area (Å²) in [5, 5.41) is 5.14. The molecule has 1 saturated heterocycles. The number of carbonyl (C=O) groups is 4. The Balaban J connectivity index is 1.51. The highest BCUT2D eigenvalue weighted by Gasteiger charge is 2.54. The molecule has 0 unspecified atom stereocenters. The average molecular weight is 538 g/mol. The third-order valence-electron chi connectivity index (χ3n) is 6.61. The zero-order chi connectivity index (χ0) is 25.5. The summed E-state index contributed by atoms with van der Waals surface area (Å²) in [6.45, 7) is 1.40. The van der Waals surface area contributed by atoms with Gasteiger partial charge in [0.1, 0.15) is 12.1 Å². The van der Waals surface area contributed by atoms with Crippen LogP contribution in [0.5, 0.6) is 0 Å². The summed E-state index contributed by atoms with van der Waals surface area (Å²) in [5.74, 6) is -1.62. The number of nitrogens with zero attached hydrogens (tertiary/aromatic N) is 2. The predicted molar refractivity (Wildman–Crippen MR) is 133 cm³/mol. The summed E-state index contributed by atoms with van der Waals surface area (Å²) in [4.78, 5) is 52.9. The van der Waals surface area contributed by atoms with Crippen molar-refractivity contribution in [2.75, 3.05) is 18.9 Å². The van der Waals surface area contributed by atoms with Crippen molar-refractivity contribution >= 4 is 64.2 Å². The Morgan fingerprint density at radius 3 is 2.37 bits per heavy atom. The van der Waals surface area contributed by atoms with Crippen molar-refractivity contribution in [1.29, 1.82) is 0 Å². The average Bonchev–Trinajstić information content (AvgIpc) is 3.29. The second kappa shape index (κ2) is 9.33. The van der Waals surface area contributed by atoms with Crippen LogP contribution in [0.3, 0.4) is 0 Å². The third kappa shape index (κ3) is 4.83. The lowest BCUT2D eigenvalue weighted by atomic mass is 9.95. The van der Waals surface area contributed by atoms with Crippen LogP contribution in [0, 0.1) is 0 Å². The third-order valence-corrected chi connectivity index (χ3v) is 7.10. The second-order valence-electron chi connectivity index (χ2n) is 8.75. The molecule has 1 aliphatic carbocycles. The van der Waals surface area contributed by atoms with Gasteiger partial charge < -0.3 is 15.1 Å². The highest BCUT2D eigenvalue weighted by atomic mass is 35.6. The van der Waals surface area contributed by atoms with Crippen molar-refractivity contribution in [3.63, 3.8) is 0 Å². The Morgan fingerprint density at radius 2 is 1.77 bits per heavy atom. The van der Waals surface area contributed by atoms with Crippen LogP contribution >= 0.6 is 34.8 Å². The molecule has 8 nitrogen and oxygen atoms in total. The summed E-state index contributed by atoms with van der Waals surface area (Å²) in [6.07, 6.45) is 0.730. The van der Waals surface area contributed by atoms with Crippen molar-refractivity contribution in [1.82, 2.24) is 15.1 Å². The number of rotatable bonds is 5. The molecular formula is C24H23Cl3N4O4. The van der Waals surface area contributed by atoms with Crippen LogP contribution in [-0.4, -0.2) is 56.5 Å². The largest absolute Gasteiger partial charge is 0.325 e. The van der Waals surface area contributed by atoms with E-state index in [1.165, 1.54) is 9.80 Å². The van der Waals surface area contributed by atoms with Gasteiger partial charge in [-0.05, 0) is 35.7 Å². The molecular weight excluding hydrogens is 515 g/mol. The first-order valence-electron chi connectivity index (χ1n) is 10.9. The molecule has 1 spiro atoms. The quantitative estimate of drug-likeness (QED) is 0.450. The van der Waals surface area contributed by atoms with Gasteiger partial charge in [-0.15, -0.1) is 0 Å². The molecule has 2 aromatic rings. The van der Waals surface area contributed by atoms with Gasteiger partial charge in [0.15, 0.2) is 0 Å². The molecule has 184 valence electrons. The molecule has 35 heavy (non-hydrogen) atoms. The summed E-state index contributed by atoms with van der Waals surface area (Å²) in [6, 6.07) is 13.5. The van der Waals surface area contributed by atoms with Crippen LogP contribution in [-0.2, 0) is 27.2 Å². The van der Waals surface area contributed by atoms with E-state index in [1.807, 2.05) is 36.4 Å². The molecule has 11 heteroatoms. The molecule has 0 aromatic heterocycles. The van der Waals surface area contributed by atoms with E-state index in [2.05, 4.69) is 10.6 Å². The summed E-state index contributed by atoms with van der Waals surface area (Å²) >= 11 is 17.6. The van der Waals surface area contributed by atoms with E-state index < -0.39 is 33.2 Å². The molecule has 1 aliphatic heterocycles. The van der Waals surface area contributed by atoms with Gasteiger partial charge in [0.05, 0.1) is 6.04 Å². The fourth-order valence-electron chi connectivity index (χ4n) is 4.59.